The van der Waals surface area contributed by atoms with E-state index in [4.69, 9.17) is 5.26 Å². The molecule has 0 aromatic heterocycles. The molecule has 2 aromatic carbocycles. The molecule has 0 bridgehead atoms. The van der Waals surface area contributed by atoms with Crippen LogP contribution in [0.3, 0.4) is 0 Å². The normalized spacial score (nSPS) is 17.1. The van der Waals surface area contributed by atoms with Gasteiger partial charge in [-0.15, -0.1) is 0 Å². The highest BCUT2D eigenvalue weighted by atomic mass is 19.1. The molecule has 3 rings (SSSR count). The van der Waals surface area contributed by atoms with Crippen LogP contribution < -0.4 is 4.90 Å². The molecule has 2 nitrogen and oxygen atoms in total. The SMILES string of the molecule is CC1Cc2ccccc2N1c1ccc(C#N)c(F)c1. The Kier molecular flexibility index (Phi) is 2.72. The van der Waals surface area contributed by atoms with E-state index >= 15 is 0 Å². The second-order valence-corrected chi connectivity index (χ2v) is 4.83. The van der Waals surface area contributed by atoms with Crippen molar-refractivity contribution < 1.29 is 4.39 Å². The molecule has 0 aliphatic carbocycles. The Bertz CT molecular complexity index is 673. The van der Waals surface area contributed by atoms with Crippen LogP contribution in [0, 0.1) is 17.1 Å². The van der Waals surface area contributed by atoms with E-state index < -0.39 is 5.82 Å². The second kappa shape index (κ2) is 4.40. The Morgan fingerprint density at radius 1 is 1.26 bits per heavy atom. The van der Waals surface area contributed by atoms with Crippen LogP contribution in [0.4, 0.5) is 15.8 Å². The van der Waals surface area contributed by atoms with Gasteiger partial charge in [-0.25, -0.2) is 4.39 Å². The van der Waals surface area contributed by atoms with Crippen LogP contribution in [0.2, 0.25) is 0 Å². The molecule has 19 heavy (non-hydrogen) atoms. The van der Waals surface area contributed by atoms with Gasteiger partial charge in [0, 0.05) is 17.4 Å². The Morgan fingerprint density at radius 2 is 2.05 bits per heavy atom. The molecule has 0 saturated carbocycles. The first-order valence-electron chi connectivity index (χ1n) is 6.27. The summed E-state index contributed by atoms with van der Waals surface area (Å²) < 4.78 is 13.8. The Morgan fingerprint density at radius 3 is 2.79 bits per heavy atom. The molecule has 1 heterocycles. The molecule has 1 aliphatic rings. The molecule has 2 aromatic rings. The van der Waals surface area contributed by atoms with Gasteiger partial charge in [-0.2, -0.15) is 5.26 Å². The van der Waals surface area contributed by atoms with Crippen molar-refractivity contribution in [1.29, 1.82) is 5.26 Å². The van der Waals surface area contributed by atoms with Gasteiger partial charge in [0.15, 0.2) is 0 Å². The summed E-state index contributed by atoms with van der Waals surface area (Å²) in [6, 6.07) is 15.1. The van der Waals surface area contributed by atoms with E-state index in [1.54, 1.807) is 12.1 Å². The summed E-state index contributed by atoms with van der Waals surface area (Å²) in [4.78, 5) is 2.12. The van der Waals surface area contributed by atoms with Crippen LogP contribution in [0.5, 0.6) is 0 Å². The zero-order chi connectivity index (χ0) is 13.4. The zero-order valence-corrected chi connectivity index (χ0v) is 10.6. The minimum Gasteiger partial charge on any atom is -0.338 e. The van der Waals surface area contributed by atoms with Crippen LogP contribution >= 0.6 is 0 Å². The molecule has 3 heteroatoms. The van der Waals surface area contributed by atoms with E-state index in [-0.39, 0.29) is 5.56 Å². The predicted octanol–water partition coefficient (Wildman–Crippen LogP) is 3.78. The Labute approximate surface area is 111 Å². The molecular formula is C16H13FN2. The zero-order valence-electron chi connectivity index (χ0n) is 10.6. The molecule has 0 fully saturated rings. The molecule has 1 unspecified atom stereocenters. The van der Waals surface area contributed by atoms with Crippen molar-refractivity contribution in [3.05, 3.63) is 59.4 Å². The molecule has 1 aliphatic heterocycles. The number of hydrogen-bond donors (Lipinski definition) is 0. The highest BCUT2D eigenvalue weighted by Gasteiger charge is 2.27. The molecule has 1 atom stereocenters. The van der Waals surface area contributed by atoms with Gasteiger partial charge in [0.2, 0.25) is 0 Å². The summed E-state index contributed by atoms with van der Waals surface area (Å²) in [7, 11) is 0. The lowest BCUT2D eigenvalue weighted by Gasteiger charge is -2.25. The van der Waals surface area contributed by atoms with E-state index in [9.17, 15) is 4.39 Å². The molecule has 0 spiro atoms. The average molecular weight is 252 g/mol. The number of anilines is 2. The van der Waals surface area contributed by atoms with Gasteiger partial charge in [-0.05, 0) is 43.2 Å². The van der Waals surface area contributed by atoms with Crippen LogP contribution in [-0.4, -0.2) is 6.04 Å². The summed E-state index contributed by atoms with van der Waals surface area (Å²) in [6.45, 7) is 2.12. The molecule has 0 N–H and O–H groups in total. The molecule has 0 radical (unpaired) electrons. The summed E-state index contributed by atoms with van der Waals surface area (Å²) in [5.41, 5.74) is 3.29. The van der Waals surface area contributed by atoms with E-state index in [1.165, 1.54) is 11.6 Å². The van der Waals surface area contributed by atoms with Crippen molar-refractivity contribution in [2.45, 2.75) is 19.4 Å². The summed E-state index contributed by atoms with van der Waals surface area (Å²) in [6.07, 6.45) is 0.956. The minimum absolute atomic E-state index is 0.0869. The first-order chi connectivity index (χ1) is 9.20. The van der Waals surface area contributed by atoms with Gasteiger partial charge in [0.1, 0.15) is 11.9 Å². The van der Waals surface area contributed by atoms with Crippen molar-refractivity contribution in [3.63, 3.8) is 0 Å². The van der Waals surface area contributed by atoms with Crippen molar-refractivity contribution in [3.8, 4) is 6.07 Å². The van der Waals surface area contributed by atoms with Crippen LogP contribution in [0.15, 0.2) is 42.5 Å². The Hall–Kier alpha value is -2.34. The number of nitriles is 1. The van der Waals surface area contributed by atoms with Crippen molar-refractivity contribution >= 4 is 11.4 Å². The number of fused-ring (bicyclic) bond motifs is 1. The van der Waals surface area contributed by atoms with E-state index in [2.05, 4.69) is 24.0 Å². The summed E-state index contributed by atoms with van der Waals surface area (Å²) in [5, 5.41) is 8.78. The topological polar surface area (TPSA) is 27.0 Å². The minimum atomic E-state index is -0.461. The van der Waals surface area contributed by atoms with Gasteiger partial charge < -0.3 is 4.90 Å². The predicted molar refractivity (Wildman–Crippen MR) is 72.9 cm³/mol. The molecule has 94 valence electrons. The van der Waals surface area contributed by atoms with Crippen LogP contribution in [-0.2, 0) is 6.42 Å². The summed E-state index contributed by atoms with van der Waals surface area (Å²) in [5.74, 6) is -0.461. The fraction of sp³-hybridized carbons (Fsp3) is 0.188. The fourth-order valence-corrected chi connectivity index (χ4v) is 2.70. The number of para-hydroxylation sites is 1. The van der Waals surface area contributed by atoms with Crippen molar-refractivity contribution in [2.75, 3.05) is 4.90 Å². The van der Waals surface area contributed by atoms with Gasteiger partial charge in [-0.1, -0.05) is 18.2 Å². The summed E-state index contributed by atoms with van der Waals surface area (Å²) >= 11 is 0. The molecular weight excluding hydrogens is 239 g/mol. The lowest BCUT2D eigenvalue weighted by atomic mass is 10.1. The third-order valence-electron chi connectivity index (χ3n) is 3.56. The van der Waals surface area contributed by atoms with Crippen molar-refractivity contribution in [1.82, 2.24) is 0 Å². The maximum Gasteiger partial charge on any atom is 0.143 e. The maximum absolute atomic E-state index is 13.8. The van der Waals surface area contributed by atoms with Gasteiger partial charge in [0.05, 0.1) is 5.56 Å². The first-order valence-corrected chi connectivity index (χ1v) is 6.27. The monoisotopic (exact) mass is 252 g/mol. The fourth-order valence-electron chi connectivity index (χ4n) is 2.70. The van der Waals surface area contributed by atoms with Crippen LogP contribution in [0.25, 0.3) is 0 Å². The van der Waals surface area contributed by atoms with Gasteiger partial charge in [0.25, 0.3) is 0 Å². The van der Waals surface area contributed by atoms with Gasteiger partial charge >= 0.3 is 0 Å². The number of nitrogens with zero attached hydrogens (tertiary/aromatic N) is 2. The number of halogens is 1. The smallest absolute Gasteiger partial charge is 0.143 e. The quantitative estimate of drug-likeness (QED) is 0.772. The highest BCUT2D eigenvalue weighted by Crippen LogP contribution is 2.38. The first kappa shape index (κ1) is 11.7. The largest absolute Gasteiger partial charge is 0.338 e. The van der Waals surface area contributed by atoms with E-state index in [0.717, 1.165) is 17.8 Å². The van der Waals surface area contributed by atoms with E-state index in [1.807, 2.05) is 18.2 Å². The standard InChI is InChI=1S/C16H13FN2/c1-11-8-12-4-2-3-5-16(12)19(11)14-7-6-13(10-18)15(17)9-14/h2-7,9,11H,8H2,1H3. The number of rotatable bonds is 1. The Balaban J connectivity index is 2.08. The third-order valence-corrected chi connectivity index (χ3v) is 3.56. The van der Waals surface area contributed by atoms with Crippen molar-refractivity contribution in [2.24, 2.45) is 0 Å². The van der Waals surface area contributed by atoms with E-state index in [0.29, 0.717) is 6.04 Å². The second-order valence-electron chi connectivity index (χ2n) is 4.83. The average Bonchev–Trinajstić information content (AvgIpc) is 2.74. The lowest BCUT2D eigenvalue weighted by Crippen LogP contribution is -2.23. The highest BCUT2D eigenvalue weighted by molar-refractivity contribution is 5.71. The molecule has 0 saturated heterocycles. The third kappa shape index (κ3) is 1.86. The van der Waals surface area contributed by atoms with Crippen LogP contribution in [0.1, 0.15) is 18.1 Å². The number of hydrogen-bond acceptors (Lipinski definition) is 2. The maximum atomic E-state index is 13.8. The number of benzene rings is 2. The van der Waals surface area contributed by atoms with Gasteiger partial charge in [-0.3, -0.25) is 0 Å². The lowest BCUT2D eigenvalue weighted by molar-refractivity contribution is 0.622. The molecule has 0 amide bonds.